The van der Waals surface area contributed by atoms with Crippen LogP contribution >= 0.6 is 0 Å². The van der Waals surface area contributed by atoms with Crippen LogP contribution in [0.1, 0.15) is 46.1 Å². The first-order chi connectivity index (χ1) is 9.31. The summed E-state index contributed by atoms with van der Waals surface area (Å²) in [5.41, 5.74) is 1.96. The van der Waals surface area contributed by atoms with Crippen LogP contribution in [0.5, 0.6) is 0 Å². The van der Waals surface area contributed by atoms with E-state index in [9.17, 15) is 9.59 Å². The third-order valence-electron chi connectivity index (χ3n) is 3.00. The molecule has 0 aliphatic rings. The van der Waals surface area contributed by atoms with Gasteiger partial charge in [-0.2, -0.15) is 0 Å². The molecule has 0 spiro atoms. The molecule has 1 N–H and O–H groups in total. The normalized spacial score (nSPS) is 10.8. The van der Waals surface area contributed by atoms with Crippen molar-refractivity contribution >= 4 is 17.5 Å². The summed E-state index contributed by atoms with van der Waals surface area (Å²) in [5.74, 6) is 0.156. The van der Waals surface area contributed by atoms with Gasteiger partial charge in [-0.15, -0.1) is 0 Å². The van der Waals surface area contributed by atoms with E-state index in [0.29, 0.717) is 5.92 Å². The minimum absolute atomic E-state index is 0.0501. The summed E-state index contributed by atoms with van der Waals surface area (Å²) in [6.45, 7) is 9.55. The number of anilines is 1. The molecule has 0 saturated heterocycles. The molecular formula is C16H24N2O2. The summed E-state index contributed by atoms with van der Waals surface area (Å²) in [4.78, 5) is 25.0. The van der Waals surface area contributed by atoms with Gasteiger partial charge >= 0.3 is 0 Å². The van der Waals surface area contributed by atoms with Crippen LogP contribution in [0.3, 0.4) is 0 Å². The summed E-state index contributed by atoms with van der Waals surface area (Å²) in [6, 6.07) is 7.84. The van der Waals surface area contributed by atoms with Gasteiger partial charge in [0.15, 0.2) is 0 Å². The van der Waals surface area contributed by atoms with Crippen molar-refractivity contribution in [3.8, 4) is 0 Å². The minimum atomic E-state index is -0.150. The summed E-state index contributed by atoms with van der Waals surface area (Å²) >= 11 is 0. The summed E-state index contributed by atoms with van der Waals surface area (Å²) in [5, 5.41) is 2.79. The third-order valence-corrected chi connectivity index (χ3v) is 3.00. The largest absolute Gasteiger partial charge is 0.352 e. The zero-order chi connectivity index (χ0) is 15.3. The first kappa shape index (κ1) is 16.2. The topological polar surface area (TPSA) is 49.4 Å². The van der Waals surface area contributed by atoms with E-state index in [0.717, 1.165) is 5.69 Å². The molecule has 0 aliphatic heterocycles. The van der Waals surface area contributed by atoms with Crippen LogP contribution in [0, 0.1) is 0 Å². The number of rotatable bonds is 5. The van der Waals surface area contributed by atoms with Gasteiger partial charge in [0.2, 0.25) is 11.8 Å². The van der Waals surface area contributed by atoms with Gasteiger partial charge in [0.05, 0.1) is 0 Å². The molecule has 110 valence electrons. The number of nitrogens with zero attached hydrogens (tertiary/aromatic N) is 1. The summed E-state index contributed by atoms with van der Waals surface area (Å²) in [7, 11) is 0. The molecule has 0 heterocycles. The van der Waals surface area contributed by atoms with Gasteiger partial charge in [0.25, 0.3) is 0 Å². The van der Waals surface area contributed by atoms with E-state index in [2.05, 4.69) is 19.2 Å². The number of benzene rings is 1. The lowest BCUT2D eigenvalue weighted by Crippen LogP contribution is -2.42. The van der Waals surface area contributed by atoms with Crippen LogP contribution in [0.4, 0.5) is 5.69 Å². The Labute approximate surface area is 121 Å². The van der Waals surface area contributed by atoms with Gasteiger partial charge in [-0.05, 0) is 37.5 Å². The number of carbonyl (C=O) groups excluding carboxylic acids is 2. The number of nitrogens with one attached hydrogen (secondary N) is 1. The van der Waals surface area contributed by atoms with Crippen molar-refractivity contribution in [3.05, 3.63) is 29.8 Å². The van der Waals surface area contributed by atoms with Gasteiger partial charge in [0.1, 0.15) is 6.54 Å². The predicted octanol–water partition coefficient (Wildman–Crippen LogP) is 2.69. The summed E-state index contributed by atoms with van der Waals surface area (Å²) in [6.07, 6.45) is 0. The van der Waals surface area contributed by atoms with E-state index in [4.69, 9.17) is 0 Å². The van der Waals surface area contributed by atoms with Gasteiger partial charge in [-0.3, -0.25) is 9.59 Å². The van der Waals surface area contributed by atoms with Gasteiger partial charge < -0.3 is 10.2 Å². The van der Waals surface area contributed by atoms with Crippen LogP contribution in [-0.2, 0) is 9.59 Å². The zero-order valence-corrected chi connectivity index (χ0v) is 12.9. The molecule has 4 nitrogen and oxygen atoms in total. The summed E-state index contributed by atoms with van der Waals surface area (Å²) < 4.78 is 0. The molecule has 0 aliphatic carbocycles. The van der Waals surface area contributed by atoms with Gasteiger partial charge in [-0.1, -0.05) is 26.0 Å². The first-order valence-corrected chi connectivity index (χ1v) is 6.98. The molecule has 4 heteroatoms. The van der Waals surface area contributed by atoms with Crippen molar-refractivity contribution in [2.45, 2.75) is 46.6 Å². The Kier molecular flexibility index (Phi) is 5.74. The number of hydrogen-bond acceptors (Lipinski definition) is 2. The van der Waals surface area contributed by atoms with E-state index < -0.39 is 0 Å². The molecule has 1 aromatic carbocycles. The van der Waals surface area contributed by atoms with Gasteiger partial charge in [0, 0.05) is 18.7 Å². The molecule has 2 amide bonds. The second-order valence-electron chi connectivity index (χ2n) is 5.57. The highest BCUT2D eigenvalue weighted by Gasteiger charge is 2.16. The van der Waals surface area contributed by atoms with Crippen molar-refractivity contribution < 1.29 is 9.59 Å². The van der Waals surface area contributed by atoms with E-state index in [-0.39, 0.29) is 24.4 Å². The highest BCUT2D eigenvalue weighted by atomic mass is 16.2. The second-order valence-corrected chi connectivity index (χ2v) is 5.57. The molecule has 0 aromatic heterocycles. The van der Waals surface area contributed by atoms with Crippen molar-refractivity contribution in [2.75, 3.05) is 11.4 Å². The SMILES string of the molecule is CC(=O)N(CC(=O)NC(C)C)c1ccc(C(C)C)cc1. The zero-order valence-electron chi connectivity index (χ0n) is 12.9. The average Bonchev–Trinajstić information content (AvgIpc) is 2.35. The van der Waals surface area contributed by atoms with E-state index >= 15 is 0 Å². The molecule has 0 radical (unpaired) electrons. The first-order valence-electron chi connectivity index (χ1n) is 6.98. The minimum Gasteiger partial charge on any atom is -0.352 e. The number of carbonyl (C=O) groups is 2. The average molecular weight is 276 g/mol. The molecule has 20 heavy (non-hydrogen) atoms. The molecule has 0 atom stereocenters. The Hall–Kier alpha value is -1.84. The standard InChI is InChI=1S/C16H24N2O2/c1-11(2)14-6-8-15(9-7-14)18(13(5)19)10-16(20)17-12(3)4/h6-9,11-12H,10H2,1-5H3,(H,17,20). The van der Waals surface area contributed by atoms with Crippen molar-refractivity contribution in [1.82, 2.24) is 5.32 Å². The third kappa shape index (κ3) is 4.68. The monoisotopic (exact) mass is 276 g/mol. The van der Waals surface area contributed by atoms with E-state index in [1.165, 1.54) is 17.4 Å². The lowest BCUT2D eigenvalue weighted by atomic mass is 10.0. The smallest absolute Gasteiger partial charge is 0.240 e. The van der Waals surface area contributed by atoms with E-state index in [1.807, 2.05) is 38.1 Å². The fourth-order valence-electron chi connectivity index (χ4n) is 1.93. The fraction of sp³-hybridized carbons (Fsp3) is 0.500. The quantitative estimate of drug-likeness (QED) is 0.899. The Bertz CT molecular complexity index is 464. The lowest BCUT2D eigenvalue weighted by molar-refractivity contribution is -0.123. The Morgan fingerprint density at radius 2 is 1.65 bits per heavy atom. The van der Waals surface area contributed by atoms with Crippen LogP contribution in [-0.4, -0.2) is 24.4 Å². The fourth-order valence-corrected chi connectivity index (χ4v) is 1.93. The van der Waals surface area contributed by atoms with Crippen molar-refractivity contribution in [3.63, 3.8) is 0 Å². The van der Waals surface area contributed by atoms with Crippen LogP contribution < -0.4 is 10.2 Å². The Balaban J connectivity index is 2.85. The highest BCUT2D eigenvalue weighted by Crippen LogP contribution is 2.20. The maximum Gasteiger partial charge on any atom is 0.240 e. The predicted molar refractivity (Wildman–Crippen MR) is 81.8 cm³/mol. The molecular weight excluding hydrogens is 252 g/mol. The molecule has 0 bridgehead atoms. The maximum absolute atomic E-state index is 11.8. The molecule has 0 saturated carbocycles. The van der Waals surface area contributed by atoms with E-state index in [1.54, 1.807) is 0 Å². The molecule has 0 fully saturated rings. The Morgan fingerprint density at radius 1 is 1.10 bits per heavy atom. The number of hydrogen-bond donors (Lipinski definition) is 1. The van der Waals surface area contributed by atoms with Crippen molar-refractivity contribution in [1.29, 1.82) is 0 Å². The molecule has 0 unspecified atom stereocenters. The maximum atomic E-state index is 11.8. The molecule has 1 aromatic rings. The lowest BCUT2D eigenvalue weighted by Gasteiger charge is -2.22. The molecule has 1 rings (SSSR count). The highest BCUT2D eigenvalue weighted by molar-refractivity contribution is 5.97. The van der Waals surface area contributed by atoms with Gasteiger partial charge in [-0.25, -0.2) is 0 Å². The van der Waals surface area contributed by atoms with Crippen LogP contribution in [0.25, 0.3) is 0 Å². The van der Waals surface area contributed by atoms with Crippen LogP contribution in [0.15, 0.2) is 24.3 Å². The number of amides is 2. The Morgan fingerprint density at radius 3 is 2.05 bits per heavy atom. The van der Waals surface area contributed by atoms with Crippen LogP contribution in [0.2, 0.25) is 0 Å². The van der Waals surface area contributed by atoms with Crippen molar-refractivity contribution in [2.24, 2.45) is 0 Å². The second kappa shape index (κ2) is 7.08.